The first kappa shape index (κ1) is 9.87. The van der Waals surface area contributed by atoms with Crippen LogP contribution >= 0.6 is 23.2 Å². The minimum atomic E-state index is -0.970. The van der Waals surface area contributed by atoms with Crippen molar-refractivity contribution in [2.75, 3.05) is 0 Å². The van der Waals surface area contributed by atoms with Gasteiger partial charge in [0, 0.05) is 12.0 Å². The second kappa shape index (κ2) is 4.15. The molecule has 0 aliphatic heterocycles. The minimum absolute atomic E-state index is 0.0231. The number of halogens is 2. The van der Waals surface area contributed by atoms with Gasteiger partial charge in [0.25, 0.3) is 0 Å². The number of aliphatic hydroxyl groups is 1. The van der Waals surface area contributed by atoms with E-state index in [1.807, 2.05) is 0 Å². The van der Waals surface area contributed by atoms with Crippen molar-refractivity contribution < 1.29 is 9.90 Å². The molecule has 0 bridgehead atoms. The Bertz CT molecular complexity index is 221. The molecule has 0 unspecified atom stereocenters. The van der Waals surface area contributed by atoms with Gasteiger partial charge in [-0.05, 0) is 19.3 Å². The smallest absolute Gasteiger partial charge is 0.164 e. The average molecular weight is 209 g/mol. The van der Waals surface area contributed by atoms with Crippen molar-refractivity contribution in [2.45, 2.75) is 30.5 Å². The second-order valence-electron chi connectivity index (χ2n) is 2.79. The number of ketones is 1. The predicted molar refractivity (Wildman–Crippen MR) is 48.6 cm³/mol. The number of alkyl halides is 2. The Kier molecular flexibility index (Phi) is 3.41. The maximum Gasteiger partial charge on any atom is 0.164 e. The van der Waals surface area contributed by atoms with Gasteiger partial charge in [0.05, 0.1) is 0 Å². The molecule has 0 heterocycles. The molecule has 0 aromatic rings. The maximum absolute atomic E-state index is 11.2. The van der Waals surface area contributed by atoms with Crippen LogP contribution in [0, 0.1) is 0 Å². The first-order chi connectivity index (χ1) is 5.63. The highest BCUT2D eigenvalue weighted by atomic mass is 35.5. The molecule has 0 spiro atoms. The Hall–Kier alpha value is -0.210. The van der Waals surface area contributed by atoms with Crippen LogP contribution in [0.5, 0.6) is 0 Å². The summed E-state index contributed by atoms with van der Waals surface area (Å²) in [5.41, 5.74) is 0.413. The van der Waals surface area contributed by atoms with E-state index in [4.69, 9.17) is 23.2 Å². The van der Waals surface area contributed by atoms with Crippen molar-refractivity contribution in [1.29, 1.82) is 0 Å². The third-order valence-corrected chi connectivity index (χ3v) is 2.35. The van der Waals surface area contributed by atoms with E-state index in [0.717, 1.165) is 12.8 Å². The zero-order valence-electron chi connectivity index (χ0n) is 6.52. The number of hydrogen-bond acceptors (Lipinski definition) is 2. The fourth-order valence-corrected chi connectivity index (χ4v) is 1.54. The number of Topliss-reactive ketones (excluding diaryl/α,β-unsaturated/α-hetero) is 1. The van der Waals surface area contributed by atoms with Crippen LogP contribution in [-0.4, -0.2) is 15.7 Å². The van der Waals surface area contributed by atoms with Crippen molar-refractivity contribution in [3.63, 3.8) is 0 Å². The van der Waals surface area contributed by atoms with Gasteiger partial charge in [0.15, 0.2) is 10.6 Å². The number of allylic oxidation sites excluding steroid dienone is 2. The SMILES string of the molecule is O=C1CCCC/C1=C(\O)C(Cl)Cl. The van der Waals surface area contributed by atoms with E-state index in [1.165, 1.54) is 0 Å². The highest BCUT2D eigenvalue weighted by Gasteiger charge is 2.21. The Morgan fingerprint density at radius 2 is 1.92 bits per heavy atom. The van der Waals surface area contributed by atoms with Crippen molar-refractivity contribution in [2.24, 2.45) is 0 Å². The normalized spacial score (nSPS) is 23.1. The van der Waals surface area contributed by atoms with Gasteiger partial charge in [0.2, 0.25) is 0 Å². The van der Waals surface area contributed by atoms with E-state index in [-0.39, 0.29) is 11.5 Å². The molecule has 0 aromatic carbocycles. The third-order valence-electron chi connectivity index (χ3n) is 1.93. The van der Waals surface area contributed by atoms with Crippen LogP contribution in [0.15, 0.2) is 11.3 Å². The van der Waals surface area contributed by atoms with E-state index >= 15 is 0 Å². The molecule has 4 heteroatoms. The monoisotopic (exact) mass is 208 g/mol. The van der Waals surface area contributed by atoms with Gasteiger partial charge >= 0.3 is 0 Å². The molecule has 12 heavy (non-hydrogen) atoms. The summed E-state index contributed by atoms with van der Waals surface area (Å²) >= 11 is 10.9. The summed E-state index contributed by atoms with van der Waals surface area (Å²) < 4.78 is 0. The molecular formula is C8H10Cl2O2. The van der Waals surface area contributed by atoms with E-state index in [0.29, 0.717) is 18.4 Å². The Balaban J connectivity index is 2.83. The third kappa shape index (κ3) is 2.14. The molecule has 68 valence electrons. The number of carbonyl (C=O) groups excluding carboxylic acids is 1. The largest absolute Gasteiger partial charge is 0.509 e. The minimum Gasteiger partial charge on any atom is -0.509 e. The topological polar surface area (TPSA) is 37.3 Å². The molecule has 0 aromatic heterocycles. The fourth-order valence-electron chi connectivity index (χ4n) is 1.28. The van der Waals surface area contributed by atoms with E-state index < -0.39 is 4.84 Å². The maximum atomic E-state index is 11.2. The molecule has 1 rings (SSSR count). The molecule has 1 N–H and O–H groups in total. The summed E-state index contributed by atoms with van der Waals surface area (Å²) in [6.45, 7) is 0. The molecule has 0 amide bonds. The van der Waals surface area contributed by atoms with Crippen molar-refractivity contribution in [1.82, 2.24) is 0 Å². The van der Waals surface area contributed by atoms with Gasteiger partial charge in [-0.1, -0.05) is 23.2 Å². The summed E-state index contributed by atoms with van der Waals surface area (Å²) in [5, 5.41) is 9.32. The van der Waals surface area contributed by atoms with Crippen LogP contribution in [0.2, 0.25) is 0 Å². The predicted octanol–water partition coefficient (Wildman–Crippen LogP) is 2.75. The van der Waals surface area contributed by atoms with E-state index in [9.17, 15) is 9.90 Å². The molecule has 0 radical (unpaired) electrons. The number of carbonyl (C=O) groups is 1. The lowest BCUT2D eigenvalue weighted by Gasteiger charge is -2.14. The molecule has 1 fully saturated rings. The molecule has 1 aliphatic rings. The van der Waals surface area contributed by atoms with Gasteiger partial charge < -0.3 is 5.11 Å². The van der Waals surface area contributed by atoms with Crippen LogP contribution in [0.1, 0.15) is 25.7 Å². The second-order valence-corrected chi connectivity index (χ2v) is 3.89. The lowest BCUT2D eigenvalue weighted by atomic mass is 9.93. The van der Waals surface area contributed by atoms with E-state index in [2.05, 4.69) is 0 Å². The van der Waals surface area contributed by atoms with Gasteiger partial charge in [-0.15, -0.1) is 0 Å². The highest BCUT2D eigenvalue weighted by molar-refractivity contribution is 6.46. The summed E-state index contributed by atoms with van der Waals surface area (Å²) in [6.07, 6.45) is 2.91. The lowest BCUT2D eigenvalue weighted by molar-refractivity contribution is -0.116. The zero-order chi connectivity index (χ0) is 9.14. The van der Waals surface area contributed by atoms with Gasteiger partial charge in [-0.3, -0.25) is 4.79 Å². The summed E-state index contributed by atoms with van der Waals surface area (Å²) in [5.74, 6) is -0.187. The van der Waals surface area contributed by atoms with Crippen LogP contribution < -0.4 is 0 Å². The molecule has 1 saturated carbocycles. The fraction of sp³-hybridized carbons (Fsp3) is 0.625. The Morgan fingerprint density at radius 1 is 1.33 bits per heavy atom. The van der Waals surface area contributed by atoms with Crippen molar-refractivity contribution >= 4 is 29.0 Å². The van der Waals surface area contributed by atoms with Crippen molar-refractivity contribution in [3.8, 4) is 0 Å². The first-order valence-corrected chi connectivity index (χ1v) is 4.73. The van der Waals surface area contributed by atoms with Crippen LogP contribution in [0.25, 0.3) is 0 Å². The molecule has 2 nitrogen and oxygen atoms in total. The Labute approximate surface area is 81.2 Å². The molecule has 0 saturated heterocycles. The van der Waals surface area contributed by atoms with Crippen LogP contribution in [-0.2, 0) is 4.79 Å². The van der Waals surface area contributed by atoms with Gasteiger partial charge in [-0.25, -0.2) is 0 Å². The summed E-state index contributed by atoms with van der Waals surface area (Å²) in [7, 11) is 0. The van der Waals surface area contributed by atoms with Crippen molar-refractivity contribution in [3.05, 3.63) is 11.3 Å². The number of hydrogen-bond donors (Lipinski definition) is 1. The standard InChI is InChI=1S/C8H10Cl2O2/c9-8(10)7(12)5-3-1-2-4-6(5)11/h8,12H,1-4H2/b7-5+. The van der Waals surface area contributed by atoms with Gasteiger partial charge in [-0.2, -0.15) is 0 Å². The van der Waals surface area contributed by atoms with Crippen LogP contribution in [0.4, 0.5) is 0 Å². The lowest BCUT2D eigenvalue weighted by Crippen LogP contribution is -2.13. The number of aliphatic hydroxyl groups excluding tert-OH is 1. The quantitative estimate of drug-likeness (QED) is 0.409. The van der Waals surface area contributed by atoms with E-state index in [1.54, 1.807) is 0 Å². The van der Waals surface area contributed by atoms with Crippen LogP contribution in [0.3, 0.4) is 0 Å². The van der Waals surface area contributed by atoms with Gasteiger partial charge in [0.1, 0.15) is 5.76 Å². The average Bonchev–Trinajstić information content (AvgIpc) is 2.04. The molecule has 0 atom stereocenters. The first-order valence-electron chi connectivity index (χ1n) is 3.86. The molecular weight excluding hydrogens is 199 g/mol. The summed E-state index contributed by atoms with van der Waals surface area (Å²) in [4.78, 5) is 10.2. The zero-order valence-corrected chi connectivity index (χ0v) is 8.03. The summed E-state index contributed by atoms with van der Waals surface area (Å²) in [6, 6.07) is 0. The Morgan fingerprint density at radius 3 is 2.42 bits per heavy atom. The highest BCUT2D eigenvalue weighted by Crippen LogP contribution is 2.25. The number of rotatable bonds is 1. The molecule has 1 aliphatic carbocycles.